The summed E-state index contributed by atoms with van der Waals surface area (Å²) in [6.45, 7) is 1.95. The molecule has 1 N–H and O–H groups in total. The number of carbonyl (C=O) groups excluding carboxylic acids is 1. The zero-order chi connectivity index (χ0) is 15.0. The third-order valence-corrected chi connectivity index (χ3v) is 4.47. The van der Waals surface area contributed by atoms with Gasteiger partial charge in [0.05, 0.1) is 20.8 Å². The zero-order valence-electron chi connectivity index (χ0n) is 10.9. The molecule has 2 aromatic heterocycles. The van der Waals surface area contributed by atoms with Crippen LogP contribution in [-0.2, 0) is 0 Å². The van der Waals surface area contributed by atoms with Gasteiger partial charge in [-0.2, -0.15) is 0 Å². The number of fused-ring (bicyclic) bond motifs is 1. The Hall–Kier alpha value is -1.50. The number of amides is 1. The van der Waals surface area contributed by atoms with Crippen molar-refractivity contribution in [1.82, 2.24) is 9.97 Å². The molecule has 2 heterocycles. The van der Waals surface area contributed by atoms with Crippen LogP contribution in [0.2, 0.25) is 5.15 Å². The summed E-state index contributed by atoms with van der Waals surface area (Å²) in [5.74, 6) is -0.297. The van der Waals surface area contributed by atoms with Crippen molar-refractivity contribution in [3.8, 4) is 0 Å². The predicted molar refractivity (Wildman–Crippen MR) is 89.3 cm³/mol. The summed E-state index contributed by atoms with van der Waals surface area (Å²) in [6, 6.07) is 7.24. The number of anilines is 1. The zero-order valence-corrected chi connectivity index (χ0v) is 14.0. The molecule has 106 valence electrons. The molecule has 4 nitrogen and oxygen atoms in total. The van der Waals surface area contributed by atoms with E-state index in [-0.39, 0.29) is 11.1 Å². The van der Waals surface area contributed by atoms with E-state index in [1.807, 2.05) is 25.1 Å². The van der Waals surface area contributed by atoms with E-state index in [4.69, 9.17) is 11.6 Å². The van der Waals surface area contributed by atoms with Gasteiger partial charge >= 0.3 is 0 Å². The Labute approximate surface area is 138 Å². The molecule has 0 saturated carbocycles. The number of nitrogens with zero attached hydrogens (tertiary/aromatic N) is 2. The fourth-order valence-corrected chi connectivity index (χ4v) is 3.28. The average molecular weight is 383 g/mol. The van der Waals surface area contributed by atoms with Gasteiger partial charge in [-0.05, 0) is 47.1 Å². The largest absolute Gasteiger partial charge is 0.322 e. The molecule has 1 amide bonds. The molecular weight excluding hydrogens is 374 g/mol. The van der Waals surface area contributed by atoms with Gasteiger partial charge in [0.25, 0.3) is 5.91 Å². The minimum absolute atomic E-state index is 0.172. The Balaban J connectivity index is 1.90. The minimum atomic E-state index is -0.297. The number of rotatable bonds is 2. The monoisotopic (exact) mass is 381 g/mol. The van der Waals surface area contributed by atoms with Crippen LogP contribution in [0.1, 0.15) is 15.4 Å². The van der Waals surface area contributed by atoms with E-state index >= 15 is 0 Å². The highest BCUT2D eigenvalue weighted by Crippen LogP contribution is 2.25. The van der Waals surface area contributed by atoms with Crippen LogP contribution in [0.5, 0.6) is 0 Å². The van der Waals surface area contributed by atoms with E-state index in [0.29, 0.717) is 15.7 Å². The first-order chi connectivity index (χ1) is 10.0. The lowest BCUT2D eigenvalue weighted by Crippen LogP contribution is -2.13. The number of hydrogen-bond donors (Lipinski definition) is 1. The Morgan fingerprint density at radius 2 is 2.19 bits per heavy atom. The first-order valence-corrected chi connectivity index (χ1v) is 8.01. The van der Waals surface area contributed by atoms with Gasteiger partial charge in [-0.15, -0.1) is 11.3 Å². The molecule has 0 bridgehead atoms. The van der Waals surface area contributed by atoms with E-state index in [9.17, 15) is 4.79 Å². The fraction of sp³-hybridized carbons (Fsp3) is 0.0714. The second-order valence-corrected chi connectivity index (χ2v) is 6.87. The van der Waals surface area contributed by atoms with Gasteiger partial charge in [-0.3, -0.25) is 4.79 Å². The van der Waals surface area contributed by atoms with Crippen molar-refractivity contribution in [1.29, 1.82) is 0 Å². The molecule has 0 fully saturated rings. The summed E-state index contributed by atoms with van der Waals surface area (Å²) in [5, 5.41) is 3.99. The molecular formula is C14H9BrClN3OS. The normalized spacial score (nSPS) is 10.8. The molecule has 0 atom stereocenters. The minimum Gasteiger partial charge on any atom is -0.322 e. The van der Waals surface area contributed by atoms with Gasteiger partial charge in [0, 0.05) is 16.4 Å². The van der Waals surface area contributed by atoms with Crippen molar-refractivity contribution in [2.24, 2.45) is 0 Å². The number of aromatic nitrogens is 2. The SMILES string of the molecule is Cc1nc2ccc(NC(=O)c3cc(Br)cnc3Cl)cc2s1. The molecule has 0 aliphatic rings. The molecule has 0 saturated heterocycles. The standard InChI is InChI=1S/C14H9BrClN3OS/c1-7-18-11-3-2-9(5-12(11)21-7)19-14(20)10-4-8(15)6-17-13(10)16/h2-6H,1H3,(H,19,20). The van der Waals surface area contributed by atoms with Crippen LogP contribution in [0.25, 0.3) is 10.2 Å². The van der Waals surface area contributed by atoms with E-state index in [0.717, 1.165) is 15.2 Å². The maximum Gasteiger partial charge on any atom is 0.258 e. The van der Waals surface area contributed by atoms with E-state index in [2.05, 4.69) is 31.2 Å². The molecule has 0 radical (unpaired) electrons. The first-order valence-electron chi connectivity index (χ1n) is 6.02. The number of aryl methyl sites for hydroxylation is 1. The number of thiazole rings is 1. The Morgan fingerprint density at radius 3 is 3.00 bits per heavy atom. The Kier molecular flexibility index (Phi) is 3.93. The summed E-state index contributed by atoms with van der Waals surface area (Å²) in [7, 11) is 0. The van der Waals surface area contributed by atoms with Crippen molar-refractivity contribution < 1.29 is 4.79 Å². The molecule has 0 aliphatic carbocycles. The molecule has 21 heavy (non-hydrogen) atoms. The van der Waals surface area contributed by atoms with Crippen molar-refractivity contribution in [3.63, 3.8) is 0 Å². The maximum atomic E-state index is 12.3. The second kappa shape index (κ2) is 5.71. The molecule has 7 heteroatoms. The van der Waals surface area contributed by atoms with Gasteiger partial charge < -0.3 is 5.32 Å². The summed E-state index contributed by atoms with van der Waals surface area (Å²) in [4.78, 5) is 20.6. The average Bonchev–Trinajstić information content (AvgIpc) is 2.80. The van der Waals surface area contributed by atoms with Gasteiger partial charge in [-0.1, -0.05) is 11.6 Å². The van der Waals surface area contributed by atoms with Gasteiger partial charge in [-0.25, -0.2) is 9.97 Å². The lowest BCUT2D eigenvalue weighted by Gasteiger charge is -2.06. The quantitative estimate of drug-likeness (QED) is 0.655. The third-order valence-electron chi connectivity index (χ3n) is 2.80. The van der Waals surface area contributed by atoms with Gasteiger partial charge in [0.2, 0.25) is 0 Å². The van der Waals surface area contributed by atoms with Crippen LogP contribution in [0.15, 0.2) is 34.9 Å². The highest BCUT2D eigenvalue weighted by Gasteiger charge is 2.13. The highest BCUT2D eigenvalue weighted by molar-refractivity contribution is 9.10. The second-order valence-electron chi connectivity index (χ2n) is 4.36. The summed E-state index contributed by atoms with van der Waals surface area (Å²) in [6.07, 6.45) is 1.55. The number of hydrogen-bond acceptors (Lipinski definition) is 4. The van der Waals surface area contributed by atoms with Gasteiger partial charge in [0.15, 0.2) is 0 Å². The third kappa shape index (κ3) is 3.07. The predicted octanol–water partition coefficient (Wildman–Crippen LogP) is 4.67. The van der Waals surface area contributed by atoms with Crippen molar-refractivity contribution in [2.75, 3.05) is 5.32 Å². The summed E-state index contributed by atoms with van der Waals surface area (Å²) < 4.78 is 1.73. The van der Waals surface area contributed by atoms with Crippen molar-refractivity contribution >= 4 is 60.7 Å². The van der Waals surface area contributed by atoms with Crippen LogP contribution in [0.4, 0.5) is 5.69 Å². The molecule has 0 aliphatic heterocycles. The lowest BCUT2D eigenvalue weighted by molar-refractivity contribution is 0.102. The number of pyridine rings is 1. The number of carbonyl (C=O) groups is 1. The molecule has 3 aromatic rings. The smallest absolute Gasteiger partial charge is 0.258 e. The van der Waals surface area contributed by atoms with Gasteiger partial charge in [0.1, 0.15) is 5.15 Å². The maximum absolute atomic E-state index is 12.3. The van der Waals surface area contributed by atoms with E-state index in [1.165, 1.54) is 0 Å². The van der Waals surface area contributed by atoms with E-state index in [1.54, 1.807) is 23.6 Å². The van der Waals surface area contributed by atoms with Crippen LogP contribution in [0.3, 0.4) is 0 Å². The summed E-state index contributed by atoms with van der Waals surface area (Å²) >= 11 is 10.8. The van der Waals surface area contributed by atoms with Crippen molar-refractivity contribution in [3.05, 3.63) is 50.7 Å². The molecule has 1 aromatic carbocycles. The Bertz CT molecular complexity index is 849. The number of halogens is 2. The first kappa shape index (κ1) is 14.4. The number of benzene rings is 1. The van der Waals surface area contributed by atoms with Crippen molar-refractivity contribution in [2.45, 2.75) is 6.92 Å². The molecule has 3 rings (SSSR count). The van der Waals surface area contributed by atoms with Crippen LogP contribution in [-0.4, -0.2) is 15.9 Å². The molecule has 0 unspecified atom stereocenters. The Morgan fingerprint density at radius 1 is 1.38 bits per heavy atom. The van der Waals surface area contributed by atoms with E-state index < -0.39 is 0 Å². The molecule has 0 spiro atoms. The topological polar surface area (TPSA) is 54.9 Å². The van der Waals surface area contributed by atoms with Crippen LogP contribution >= 0.6 is 38.9 Å². The van der Waals surface area contributed by atoms with Crippen LogP contribution < -0.4 is 5.32 Å². The summed E-state index contributed by atoms with van der Waals surface area (Å²) in [5.41, 5.74) is 1.96. The number of nitrogens with one attached hydrogen (secondary N) is 1. The van der Waals surface area contributed by atoms with Crippen LogP contribution in [0, 0.1) is 6.92 Å². The fourth-order valence-electron chi connectivity index (χ4n) is 1.90. The highest BCUT2D eigenvalue weighted by atomic mass is 79.9. The lowest BCUT2D eigenvalue weighted by atomic mass is 10.2.